The Morgan fingerprint density at radius 3 is 2.28 bits per heavy atom. The highest BCUT2D eigenvalue weighted by Crippen LogP contribution is 2.21. The van der Waals surface area contributed by atoms with Gasteiger partial charge in [0.2, 0.25) is 5.95 Å². The van der Waals surface area contributed by atoms with Gasteiger partial charge in [0.1, 0.15) is 5.82 Å². The van der Waals surface area contributed by atoms with Gasteiger partial charge in [0, 0.05) is 38.6 Å². The second-order valence-electron chi connectivity index (χ2n) is 6.58. The van der Waals surface area contributed by atoms with Crippen molar-refractivity contribution in [2.24, 2.45) is 0 Å². The van der Waals surface area contributed by atoms with Crippen LogP contribution < -0.4 is 10.2 Å². The van der Waals surface area contributed by atoms with Crippen molar-refractivity contribution in [2.45, 2.75) is 19.4 Å². The van der Waals surface area contributed by atoms with Crippen LogP contribution in [0.5, 0.6) is 0 Å². The lowest BCUT2D eigenvalue weighted by Gasteiger charge is -2.37. The van der Waals surface area contributed by atoms with Crippen molar-refractivity contribution in [1.29, 1.82) is 0 Å². The van der Waals surface area contributed by atoms with Crippen LogP contribution >= 0.6 is 0 Å². The molecule has 0 saturated carbocycles. The summed E-state index contributed by atoms with van der Waals surface area (Å²) in [6.45, 7) is 6.40. The predicted molar refractivity (Wildman–Crippen MR) is 93.8 cm³/mol. The summed E-state index contributed by atoms with van der Waals surface area (Å²) in [5, 5.41) is 3.03. The molecule has 1 aromatic heterocycles. The van der Waals surface area contributed by atoms with E-state index in [-0.39, 0.29) is 11.8 Å². The maximum atomic E-state index is 13.1. The molecule has 1 N–H and O–H groups in total. The first-order valence-corrected chi connectivity index (χ1v) is 8.31. The zero-order valence-electron chi connectivity index (χ0n) is 14.4. The van der Waals surface area contributed by atoms with Crippen LogP contribution in [0, 0.1) is 5.82 Å². The van der Waals surface area contributed by atoms with Gasteiger partial charge >= 0.3 is 6.03 Å². The Kier molecular flexibility index (Phi) is 4.83. The smallest absolute Gasteiger partial charge is 0.318 e. The van der Waals surface area contributed by atoms with Gasteiger partial charge in [-0.3, -0.25) is 0 Å². The number of urea groups is 1. The number of benzene rings is 1. The molecule has 2 amide bonds. The first-order chi connectivity index (χ1) is 12.0. The van der Waals surface area contributed by atoms with Crippen molar-refractivity contribution >= 4 is 12.0 Å². The number of hydrogen-bond acceptors (Lipinski definition) is 4. The number of anilines is 1. The quantitative estimate of drug-likeness (QED) is 0.929. The number of nitrogens with zero attached hydrogens (tertiary/aromatic N) is 4. The Morgan fingerprint density at radius 1 is 1.08 bits per heavy atom. The highest BCUT2D eigenvalue weighted by atomic mass is 19.1. The number of nitrogens with one attached hydrogen (secondary N) is 1. The van der Waals surface area contributed by atoms with Gasteiger partial charge in [0.25, 0.3) is 0 Å². The average molecular weight is 343 g/mol. The minimum Gasteiger partial charge on any atom is -0.337 e. The molecule has 0 bridgehead atoms. The third-order valence-corrected chi connectivity index (χ3v) is 4.39. The molecular weight excluding hydrogens is 321 g/mol. The molecule has 2 aromatic rings. The fourth-order valence-electron chi connectivity index (χ4n) is 2.85. The lowest BCUT2D eigenvalue weighted by molar-refractivity contribution is 0.183. The van der Waals surface area contributed by atoms with Gasteiger partial charge in [0.05, 0.1) is 5.54 Å². The van der Waals surface area contributed by atoms with Crippen molar-refractivity contribution in [1.82, 2.24) is 20.2 Å². The minimum absolute atomic E-state index is 0.122. The molecule has 1 fully saturated rings. The summed E-state index contributed by atoms with van der Waals surface area (Å²) in [5.41, 5.74) is 0.281. The van der Waals surface area contributed by atoms with Crippen LogP contribution in [0.25, 0.3) is 0 Å². The molecule has 0 unspecified atom stereocenters. The van der Waals surface area contributed by atoms with E-state index in [4.69, 9.17) is 0 Å². The van der Waals surface area contributed by atoms with E-state index in [2.05, 4.69) is 20.2 Å². The van der Waals surface area contributed by atoms with Crippen LogP contribution in [0.15, 0.2) is 42.7 Å². The van der Waals surface area contributed by atoms with Crippen LogP contribution in [0.3, 0.4) is 0 Å². The van der Waals surface area contributed by atoms with E-state index in [0.29, 0.717) is 32.1 Å². The van der Waals surface area contributed by atoms with Gasteiger partial charge in [-0.25, -0.2) is 19.2 Å². The Labute approximate surface area is 146 Å². The van der Waals surface area contributed by atoms with Crippen LogP contribution in [-0.2, 0) is 5.54 Å². The third-order valence-electron chi connectivity index (χ3n) is 4.39. The summed E-state index contributed by atoms with van der Waals surface area (Å²) >= 11 is 0. The zero-order valence-corrected chi connectivity index (χ0v) is 14.4. The largest absolute Gasteiger partial charge is 0.337 e. The Bertz CT molecular complexity index is 712. The lowest BCUT2D eigenvalue weighted by Crippen LogP contribution is -2.55. The number of carbonyl (C=O) groups excluding carboxylic acids is 1. The molecule has 1 aromatic carbocycles. The first kappa shape index (κ1) is 17.1. The molecule has 1 aliphatic rings. The van der Waals surface area contributed by atoms with Crippen molar-refractivity contribution in [2.75, 3.05) is 31.1 Å². The van der Waals surface area contributed by atoms with Gasteiger partial charge in [-0.2, -0.15) is 0 Å². The van der Waals surface area contributed by atoms with Crippen molar-refractivity contribution in [3.63, 3.8) is 0 Å². The second-order valence-corrected chi connectivity index (χ2v) is 6.58. The van der Waals surface area contributed by atoms with Crippen LogP contribution in [0.2, 0.25) is 0 Å². The third kappa shape index (κ3) is 4.04. The van der Waals surface area contributed by atoms with E-state index in [1.165, 1.54) is 12.1 Å². The fraction of sp³-hybridized carbons (Fsp3) is 0.389. The summed E-state index contributed by atoms with van der Waals surface area (Å²) < 4.78 is 13.1. The summed E-state index contributed by atoms with van der Waals surface area (Å²) in [6.07, 6.45) is 3.43. The van der Waals surface area contributed by atoms with E-state index in [1.807, 2.05) is 13.8 Å². The Hall–Kier alpha value is -2.70. The molecule has 0 spiro atoms. The van der Waals surface area contributed by atoms with Crippen LogP contribution in [0.4, 0.5) is 15.1 Å². The molecule has 2 heterocycles. The first-order valence-electron chi connectivity index (χ1n) is 8.31. The Balaban J connectivity index is 1.58. The molecule has 7 heteroatoms. The Morgan fingerprint density at radius 2 is 1.68 bits per heavy atom. The molecule has 3 rings (SSSR count). The SMILES string of the molecule is CC(C)(NC(=O)N1CCN(c2ncccn2)CC1)c1ccc(F)cc1. The topological polar surface area (TPSA) is 61.4 Å². The summed E-state index contributed by atoms with van der Waals surface area (Å²) in [7, 11) is 0. The average Bonchev–Trinajstić information content (AvgIpc) is 2.62. The number of rotatable bonds is 3. The van der Waals surface area contributed by atoms with E-state index < -0.39 is 5.54 Å². The molecule has 132 valence electrons. The van der Waals surface area contributed by atoms with E-state index in [0.717, 1.165) is 5.56 Å². The monoisotopic (exact) mass is 343 g/mol. The molecule has 1 saturated heterocycles. The maximum absolute atomic E-state index is 13.1. The standard InChI is InChI=1S/C18H22FN5O/c1-18(2,14-4-6-15(19)7-5-14)22-17(25)24-12-10-23(11-13-24)16-20-8-3-9-21-16/h3-9H,10-13H2,1-2H3,(H,22,25). The number of piperazine rings is 1. The maximum Gasteiger partial charge on any atom is 0.318 e. The molecule has 0 radical (unpaired) electrons. The van der Waals surface area contributed by atoms with Gasteiger partial charge in [0.15, 0.2) is 0 Å². The van der Waals surface area contributed by atoms with E-state index >= 15 is 0 Å². The van der Waals surface area contributed by atoms with Crippen molar-refractivity contribution in [3.8, 4) is 0 Å². The number of amides is 2. The molecule has 25 heavy (non-hydrogen) atoms. The molecular formula is C18H22FN5O. The van der Waals surface area contributed by atoms with Crippen LogP contribution in [-0.4, -0.2) is 47.1 Å². The highest BCUT2D eigenvalue weighted by Gasteiger charge is 2.28. The lowest BCUT2D eigenvalue weighted by atomic mass is 9.94. The highest BCUT2D eigenvalue weighted by molar-refractivity contribution is 5.75. The van der Waals surface area contributed by atoms with Gasteiger partial charge in [-0.15, -0.1) is 0 Å². The normalized spacial score (nSPS) is 15.2. The van der Waals surface area contributed by atoms with Gasteiger partial charge < -0.3 is 15.1 Å². The summed E-state index contributed by atoms with van der Waals surface area (Å²) in [6, 6.07) is 7.86. The predicted octanol–water partition coefficient (Wildman–Crippen LogP) is 2.38. The summed E-state index contributed by atoms with van der Waals surface area (Å²) in [4.78, 5) is 24.9. The minimum atomic E-state index is -0.579. The molecule has 0 atom stereocenters. The zero-order chi connectivity index (χ0) is 17.9. The van der Waals surface area contributed by atoms with E-state index in [9.17, 15) is 9.18 Å². The van der Waals surface area contributed by atoms with Crippen LogP contribution in [0.1, 0.15) is 19.4 Å². The van der Waals surface area contributed by atoms with Crippen molar-refractivity contribution < 1.29 is 9.18 Å². The van der Waals surface area contributed by atoms with Gasteiger partial charge in [-0.1, -0.05) is 12.1 Å². The fourth-order valence-corrected chi connectivity index (χ4v) is 2.85. The van der Waals surface area contributed by atoms with Gasteiger partial charge in [-0.05, 0) is 37.6 Å². The molecule has 0 aliphatic carbocycles. The molecule has 1 aliphatic heterocycles. The number of halogens is 1. The van der Waals surface area contributed by atoms with Crippen molar-refractivity contribution in [3.05, 3.63) is 54.1 Å². The number of hydrogen-bond donors (Lipinski definition) is 1. The number of aromatic nitrogens is 2. The number of carbonyl (C=O) groups is 1. The summed E-state index contributed by atoms with van der Waals surface area (Å²) in [5.74, 6) is 0.402. The second kappa shape index (κ2) is 7.04. The van der Waals surface area contributed by atoms with E-state index in [1.54, 1.807) is 35.5 Å². The molecule has 6 nitrogen and oxygen atoms in total.